The van der Waals surface area contributed by atoms with E-state index in [0.717, 1.165) is 58.2 Å². The van der Waals surface area contributed by atoms with E-state index in [0.29, 0.717) is 0 Å². The van der Waals surface area contributed by atoms with Crippen LogP contribution < -0.4 is 28.4 Å². The first-order valence-electron chi connectivity index (χ1n) is 15.2. The Morgan fingerprint density at radius 2 is 0.707 bits per heavy atom. The molecule has 41 heavy (non-hydrogen) atoms. The summed E-state index contributed by atoms with van der Waals surface area (Å²) >= 11 is 0. The van der Waals surface area contributed by atoms with E-state index in [2.05, 4.69) is 129 Å². The van der Waals surface area contributed by atoms with Gasteiger partial charge in [0, 0.05) is 38.5 Å². The smallest absolute Gasteiger partial charge is 0.256 e. The number of phosphoric acid groups is 1. The molecular formula is C30H57N6O4P. The lowest BCUT2D eigenvalue weighted by Crippen LogP contribution is -2.35. The molecule has 0 aromatic carbocycles. The second-order valence-electron chi connectivity index (χ2n) is 9.71. The zero-order chi connectivity index (χ0) is 31.9. The van der Waals surface area contributed by atoms with Crippen LogP contribution in [0.3, 0.4) is 0 Å². The van der Waals surface area contributed by atoms with Crippen molar-refractivity contribution in [2.24, 2.45) is 21.1 Å². The Morgan fingerprint density at radius 1 is 0.512 bits per heavy atom. The molecule has 0 aliphatic rings. The van der Waals surface area contributed by atoms with Gasteiger partial charge in [0.1, 0.15) is 35.7 Å². The highest BCUT2D eigenvalue weighted by molar-refractivity contribution is 7.40. The van der Waals surface area contributed by atoms with E-state index >= 15 is 0 Å². The van der Waals surface area contributed by atoms with Gasteiger partial charge < -0.3 is 19.2 Å². The van der Waals surface area contributed by atoms with Crippen LogP contribution in [0.15, 0.2) is 18.6 Å². The zero-order valence-corrected chi connectivity index (χ0v) is 28.8. The van der Waals surface area contributed by atoms with Gasteiger partial charge in [0.05, 0.1) is 40.8 Å². The zero-order valence-electron chi connectivity index (χ0n) is 27.9. The summed E-state index contributed by atoms with van der Waals surface area (Å²) in [5, 5.41) is 0. The maximum absolute atomic E-state index is 8.55. The molecular weight excluding hydrogens is 539 g/mol. The van der Waals surface area contributed by atoms with Gasteiger partial charge in [0.15, 0.2) is 0 Å². The van der Waals surface area contributed by atoms with E-state index in [1.165, 1.54) is 34.6 Å². The van der Waals surface area contributed by atoms with Gasteiger partial charge in [-0.25, -0.2) is 27.4 Å². The van der Waals surface area contributed by atoms with Crippen molar-refractivity contribution in [1.82, 2.24) is 13.7 Å². The number of hydrogen-bond acceptors (Lipinski definition) is 4. The quantitative estimate of drug-likeness (QED) is 0.276. The van der Waals surface area contributed by atoms with Crippen LogP contribution in [0.4, 0.5) is 0 Å². The fourth-order valence-corrected chi connectivity index (χ4v) is 5.23. The SMILES string of the molecule is CCc1c[n+](CC)c(CC)n1C.CCc1c[n+](CC)c(CC)n1C.CCc1c[n+](CC)c(CC)n1C.O=P([O-])([O-])[O-]. The number of aromatic nitrogens is 6. The third-order valence-electron chi connectivity index (χ3n) is 7.42. The van der Waals surface area contributed by atoms with E-state index in [-0.39, 0.29) is 0 Å². The third kappa shape index (κ3) is 11.9. The molecule has 0 spiro atoms. The Bertz CT molecular complexity index is 1080. The second-order valence-corrected chi connectivity index (χ2v) is 10.6. The van der Waals surface area contributed by atoms with Crippen molar-refractivity contribution in [3.8, 4) is 0 Å². The van der Waals surface area contributed by atoms with Crippen molar-refractivity contribution in [3.63, 3.8) is 0 Å². The van der Waals surface area contributed by atoms with Crippen LogP contribution in [-0.2, 0) is 83.9 Å². The average Bonchev–Trinajstić information content (AvgIpc) is 3.55. The molecule has 0 saturated heterocycles. The maximum atomic E-state index is 8.55. The molecule has 0 bridgehead atoms. The number of hydrogen-bond donors (Lipinski definition) is 0. The van der Waals surface area contributed by atoms with Crippen molar-refractivity contribution < 1.29 is 32.9 Å². The largest absolute Gasteiger partial charge is 0.822 e. The highest BCUT2D eigenvalue weighted by Crippen LogP contribution is 2.05. The molecule has 0 N–H and O–H groups in total. The fourth-order valence-electron chi connectivity index (χ4n) is 5.23. The number of rotatable bonds is 9. The summed E-state index contributed by atoms with van der Waals surface area (Å²) in [6.45, 7) is 23.1. The first-order chi connectivity index (χ1) is 19.2. The Morgan fingerprint density at radius 3 is 0.805 bits per heavy atom. The minimum absolute atomic E-state index is 1.08. The van der Waals surface area contributed by atoms with Crippen molar-refractivity contribution in [1.29, 1.82) is 0 Å². The van der Waals surface area contributed by atoms with E-state index in [1.807, 2.05) is 0 Å². The van der Waals surface area contributed by atoms with Crippen LogP contribution in [0.25, 0.3) is 0 Å². The molecule has 0 aliphatic heterocycles. The van der Waals surface area contributed by atoms with Gasteiger partial charge in [-0.3, -0.25) is 0 Å². The molecule has 3 aromatic rings. The molecule has 3 rings (SSSR count). The normalized spacial score (nSPS) is 10.8. The van der Waals surface area contributed by atoms with E-state index < -0.39 is 7.82 Å². The van der Waals surface area contributed by atoms with Crippen molar-refractivity contribution in [3.05, 3.63) is 53.1 Å². The first-order valence-corrected chi connectivity index (χ1v) is 16.6. The maximum Gasteiger partial charge on any atom is 0.256 e. The molecule has 0 aliphatic carbocycles. The van der Waals surface area contributed by atoms with Gasteiger partial charge in [-0.1, -0.05) is 41.5 Å². The number of aryl methyl sites for hydroxylation is 6. The van der Waals surface area contributed by atoms with Crippen molar-refractivity contribution in [2.45, 2.75) is 120 Å². The molecule has 0 fully saturated rings. The predicted octanol–water partition coefficient (Wildman–Crippen LogP) is 1.55. The van der Waals surface area contributed by atoms with E-state index in [4.69, 9.17) is 19.2 Å². The summed E-state index contributed by atoms with van der Waals surface area (Å²) in [6.07, 6.45) is 13.5. The highest BCUT2D eigenvalue weighted by Gasteiger charge is 2.17. The van der Waals surface area contributed by atoms with E-state index in [1.54, 1.807) is 0 Å². The second kappa shape index (κ2) is 19.0. The van der Waals surface area contributed by atoms with Crippen LogP contribution in [0, 0.1) is 0 Å². The molecule has 3 heterocycles. The van der Waals surface area contributed by atoms with Gasteiger partial charge in [-0.2, -0.15) is 7.82 Å². The first kappa shape index (κ1) is 38.7. The molecule has 0 amide bonds. The Kier molecular flexibility index (Phi) is 18.0. The van der Waals surface area contributed by atoms with Crippen LogP contribution in [0.5, 0.6) is 0 Å². The molecule has 11 heteroatoms. The van der Waals surface area contributed by atoms with Gasteiger partial charge in [-0.15, -0.1) is 0 Å². The van der Waals surface area contributed by atoms with E-state index in [9.17, 15) is 0 Å². The topological polar surface area (TPSA) is 113 Å². The standard InChI is InChI=1S/3C10H19N2.H3O4P/c3*1-5-9-8-12(7-3)10(6-2)11(9)4;1-5(2,3)4/h3*8H,5-7H2,1-4H3;(H3,1,2,3,4)/q3*+1;/p-3. The van der Waals surface area contributed by atoms with Crippen LogP contribution in [-0.4, -0.2) is 13.7 Å². The monoisotopic (exact) mass is 596 g/mol. The molecule has 0 saturated carbocycles. The average molecular weight is 597 g/mol. The van der Waals surface area contributed by atoms with Crippen molar-refractivity contribution >= 4 is 7.82 Å². The van der Waals surface area contributed by atoms with Crippen LogP contribution in [0.2, 0.25) is 0 Å². The van der Waals surface area contributed by atoms with Crippen LogP contribution >= 0.6 is 7.82 Å². The lowest BCUT2D eigenvalue weighted by atomic mass is 10.4. The Balaban J connectivity index is 0.000000541. The lowest BCUT2D eigenvalue weighted by molar-refractivity contribution is -0.700. The molecule has 3 aromatic heterocycles. The number of nitrogens with zero attached hydrogens (tertiary/aromatic N) is 6. The Labute approximate surface area is 249 Å². The summed E-state index contributed by atoms with van der Waals surface area (Å²) in [4.78, 5) is 25.6. The van der Waals surface area contributed by atoms with Crippen LogP contribution in [0.1, 0.15) is 96.9 Å². The molecule has 0 atom stereocenters. The minimum atomic E-state index is -5.39. The lowest BCUT2D eigenvalue weighted by Gasteiger charge is -2.36. The summed E-state index contributed by atoms with van der Waals surface area (Å²) in [5.74, 6) is 4.28. The predicted molar refractivity (Wildman–Crippen MR) is 158 cm³/mol. The summed E-state index contributed by atoms with van der Waals surface area (Å²) < 4.78 is 22.5. The minimum Gasteiger partial charge on any atom is -0.822 e. The highest BCUT2D eigenvalue weighted by atomic mass is 31.2. The van der Waals surface area contributed by atoms with Gasteiger partial charge >= 0.3 is 0 Å². The fraction of sp³-hybridized carbons (Fsp3) is 0.700. The summed E-state index contributed by atoms with van der Waals surface area (Å²) in [5.41, 5.74) is 4.27. The molecule has 0 unspecified atom stereocenters. The summed E-state index contributed by atoms with van der Waals surface area (Å²) in [6, 6.07) is 0. The van der Waals surface area contributed by atoms with Crippen molar-refractivity contribution in [2.75, 3.05) is 0 Å². The molecule has 236 valence electrons. The summed E-state index contributed by atoms with van der Waals surface area (Å²) in [7, 11) is 1.08. The van der Waals surface area contributed by atoms with Gasteiger partial charge in [0.25, 0.3) is 17.5 Å². The van der Waals surface area contributed by atoms with Gasteiger partial charge in [0.2, 0.25) is 0 Å². The van der Waals surface area contributed by atoms with Gasteiger partial charge in [-0.05, 0) is 20.8 Å². The molecule has 10 nitrogen and oxygen atoms in total. The Hall–Kier alpha value is -2.26. The molecule has 0 radical (unpaired) electrons. The number of imidazole rings is 3. The third-order valence-corrected chi connectivity index (χ3v) is 7.42.